The standard InChI is InChI=1S/2C29H19Br2NO5.CH4.BrH/c2*1-15(33)37-14-16-6-8-17(9-7-16)18-12-21(30)27(22(31)13-18)32-23-10-11-24(34)26-25(23)28(35)19-4-2-3-5-20(19)29(26)36;;/h2*2-13,32,34H,14H2,1H3;1H4;1H. The number of phenolic OH excluding ortho intramolecular Hbond substituents is 2. The van der Waals surface area contributed by atoms with Crippen molar-refractivity contribution in [3.63, 3.8) is 0 Å². The van der Waals surface area contributed by atoms with Crippen molar-refractivity contribution >= 4 is 122 Å². The number of rotatable bonds is 10. The monoisotopic (exact) mass is 1330 g/mol. The van der Waals surface area contributed by atoms with E-state index >= 15 is 0 Å². The number of halogens is 5. The number of esters is 2. The molecule has 8 aromatic carbocycles. The van der Waals surface area contributed by atoms with Gasteiger partial charge in [-0.15, -0.1) is 0 Å². The van der Waals surface area contributed by atoms with E-state index in [-0.39, 0.29) is 112 Å². The Morgan fingerprint density at radius 3 is 1.28 bits per heavy atom. The van der Waals surface area contributed by atoms with Crippen LogP contribution in [0.4, 0.5) is 22.7 Å². The number of nitrogens with two attached hydrogens (primary N) is 1. The number of aromatic hydroxyl groups is 2. The number of phenols is 2. The zero-order valence-electron chi connectivity index (χ0n) is 39.4. The fourth-order valence-corrected chi connectivity index (χ4v) is 11.5. The summed E-state index contributed by atoms with van der Waals surface area (Å²) >= 11 is 14.5. The van der Waals surface area contributed by atoms with Crippen molar-refractivity contribution < 1.29 is 70.8 Å². The number of hydrogen-bond donors (Lipinski definition) is 4. The van der Waals surface area contributed by atoms with Crippen LogP contribution in [0.15, 0.2) is 163 Å². The van der Waals surface area contributed by atoms with E-state index in [1.54, 1.807) is 60.7 Å². The van der Waals surface area contributed by atoms with Crippen molar-refractivity contribution in [2.45, 2.75) is 34.5 Å². The van der Waals surface area contributed by atoms with Crippen LogP contribution >= 0.6 is 63.7 Å². The average molecular weight is 1340 g/mol. The molecule has 0 unspecified atom stereocenters. The molecule has 0 fully saturated rings. The quantitative estimate of drug-likeness (QED) is 0.0579. The van der Waals surface area contributed by atoms with Crippen LogP contribution < -0.4 is 27.6 Å². The van der Waals surface area contributed by atoms with Crippen molar-refractivity contribution in [3.05, 3.63) is 219 Å². The molecule has 12 nitrogen and oxygen atoms in total. The van der Waals surface area contributed by atoms with Gasteiger partial charge >= 0.3 is 11.9 Å². The van der Waals surface area contributed by atoms with Crippen LogP contribution in [0.3, 0.4) is 0 Å². The third-order valence-corrected chi connectivity index (χ3v) is 14.8. The van der Waals surface area contributed by atoms with E-state index in [0.717, 1.165) is 57.0 Å². The van der Waals surface area contributed by atoms with Gasteiger partial charge in [-0.1, -0.05) is 104 Å². The molecule has 5 N–H and O–H groups in total. The highest BCUT2D eigenvalue weighted by Crippen LogP contribution is 2.43. The fraction of sp³-hybridized carbons (Fsp3) is 0.0847. The third-order valence-electron chi connectivity index (χ3n) is 12.3. The SMILES string of the molecule is C.CC(=O)OCc1ccc(-c2cc(Br)c(Nc3ccc(O)c4c3C(=O)c3ccccc3C4=O)c(Br)c2)cc1.CC(=O)OCc1ccc(-c2cc(Br)c([NH2+]c3ccc(O)c4c3C(=O)c3ccccc3C4=O)c(Br)c2)cc1.[Br-]. The van der Waals surface area contributed by atoms with Gasteiger partial charge in [-0.25, -0.2) is 0 Å². The number of quaternary nitrogens is 1. The lowest BCUT2D eigenvalue weighted by molar-refractivity contribution is -0.480. The smallest absolute Gasteiger partial charge is 0.302 e. The molecule has 8 aromatic rings. The molecular weight excluding hydrogens is 1300 g/mol. The van der Waals surface area contributed by atoms with Crippen molar-refractivity contribution in [1.29, 1.82) is 0 Å². The number of benzene rings is 8. The lowest BCUT2D eigenvalue weighted by atomic mass is 9.82. The molecule has 0 aromatic heterocycles. The average Bonchev–Trinajstić information content (AvgIpc) is 3.40. The molecule has 384 valence electrons. The minimum atomic E-state index is -0.392. The molecule has 0 spiro atoms. The molecule has 0 saturated carbocycles. The molecule has 76 heavy (non-hydrogen) atoms. The Bertz CT molecular complexity index is 3390. The summed E-state index contributed by atoms with van der Waals surface area (Å²) < 4.78 is 13.1. The summed E-state index contributed by atoms with van der Waals surface area (Å²) in [6.45, 7) is 3.19. The van der Waals surface area contributed by atoms with Crippen molar-refractivity contribution in [1.82, 2.24) is 0 Å². The zero-order chi connectivity index (χ0) is 52.5. The molecule has 0 aliphatic heterocycles. The minimum Gasteiger partial charge on any atom is -1.00 e. The van der Waals surface area contributed by atoms with Crippen molar-refractivity contribution in [2.24, 2.45) is 0 Å². The van der Waals surface area contributed by atoms with E-state index in [4.69, 9.17) is 9.47 Å². The van der Waals surface area contributed by atoms with Gasteiger partial charge in [0.25, 0.3) is 0 Å². The van der Waals surface area contributed by atoms with Crippen LogP contribution in [-0.2, 0) is 32.3 Å². The van der Waals surface area contributed by atoms with E-state index in [1.807, 2.05) is 78.1 Å². The van der Waals surface area contributed by atoms with Gasteiger partial charge in [0, 0.05) is 51.1 Å². The number of fused-ring (bicyclic) bond motifs is 4. The van der Waals surface area contributed by atoms with Crippen molar-refractivity contribution in [2.75, 3.05) is 5.32 Å². The van der Waals surface area contributed by atoms with Gasteiger partial charge < -0.3 is 42.0 Å². The number of anilines is 2. The number of carbonyl (C=O) groups excluding carboxylic acids is 6. The molecule has 0 radical (unpaired) electrons. The predicted octanol–water partition coefficient (Wildman–Crippen LogP) is 10.8. The van der Waals surface area contributed by atoms with Crippen LogP contribution in [0.25, 0.3) is 22.3 Å². The second-order valence-electron chi connectivity index (χ2n) is 17.1. The van der Waals surface area contributed by atoms with Crippen LogP contribution in [0.5, 0.6) is 11.5 Å². The van der Waals surface area contributed by atoms with E-state index in [9.17, 15) is 39.0 Å². The second-order valence-corrected chi connectivity index (χ2v) is 20.5. The van der Waals surface area contributed by atoms with E-state index in [0.29, 0.717) is 28.2 Å². The molecule has 2 aliphatic rings. The third kappa shape index (κ3) is 11.6. The molecule has 0 bridgehead atoms. The number of nitrogens with one attached hydrogen (secondary N) is 1. The highest BCUT2D eigenvalue weighted by atomic mass is 79.9. The molecular formula is C59H43Br5N2O10. The first-order chi connectivity index (χ1) is 35.5. The lowest BCUT2D eigenvalue weighted by Crippen LogP contribution is -3.00. The van der Waals surface area contributed by atoms with Gasteiger partial charge in [-0.2, -0.15) is 0 Å². The predicted molar refractivity (Wildman–Crippen MR) is 300 cm³/mol. The van der Waals surface area contributed by atoms with Crippen LogP contribution in [0.1, 0.15) is 96.1 Å². The Balaban J connectivity index is 0.000000216. The summed E-state index contributed by atoms with van der Waals surface area (Å²) in [5, 5.41) is 26.0. The number of ketones is 4. The van der Waals surface area contributed by atoms with Gasteiger partial charge in [0.05, 0.1) is 42.6 Å². The largest absolute Gasteiger partial charge is 1.00 e. The van der Waals surface area contributed by atoms with E-state index < -0.39 is 5.78 Å². The topological polar surface area (TPSA) is 190 Å². The summed E-state index contributed by atoms with van der Waals surface area (Å²) in [5.41, 5.74) is 9.48. The van der Waals surface area contributed by atoms with Crippen LogP contribution in [-0.4, -0.2) is 45.3 Å². The maximum absolute atomic E-state index is 13.4. The Kier molecular flexibility index (Phi) is 18.0. The maximum Gasteiger partial charge on any atom is 0.302 e. The summed E-state index contributed by atoms with van der Waals surface area (Å²) in [6, 6.07) is 42.5. The van der Waals surface area contributed by atoms with Gasteiger partial charge in [-0.05, 0) is 140 Å². The Morgan fingerprint density at radius 1 is 0.487 bits per heavy atom. The molecule has 0 saturated heterocycles. The number of carbonyl (C=O) groups is 6. The molecule has 0 atom stereocenters. The van der Waals surface area contributed by atoms with Gasteiger partial charge in [0.15, 0.2) is 23.0 Å². The first-order valence-electron chi connectivity index (χ1n) is 22.6. The Morgan fingerprint density at radius 2 is 0.855 bits per heavy atom. The van der Waals surface area contributed by atoms with Gasteiger partial charge in [0.2, 0.25) is 5.78 Å². The number of hydrogen-bond acceptors (Lipinski definition) is 11. The molecule has 0 amide bonds. The minimum absolute atomic E-state index is 0. The summed E-state index contributed by atoms with van der Waals surface area (Å²) in [6.07, 6.45) is 0. The highest BCUT2D eigenvalue weighted by molar-refractivity contribution is 9.11. The second kappa shape index (κ2) is 24.0. The van der Waals surface area contributed by atoms with Crippen molar-refractivity contribution in [3.8, 4) is 33.8 Å². The summed E-state index contributed by atoms with van der Waals surface area (Å²) in [5.74, 6) is -2.50. The fourth-order valence-electron chi connectivity index (χ4n) is 8.66. The molecule has 17 heteroatoms. The van der Waals surface area contributed by atoms with E-state index in [2.05, 4.69) is 69.0 Å². The number of ether oxygens (including phenoxy) is 2. The molecule has 2 aliphatic carbocycles. The first kappa shape index (κ1) is 56.9. The molecule has 0 heterocycles. The highest BCUT2D eigenvalue weighted by Gasteiger charge is 2.37. The maximum atomic E-state index is 13.4. The first-order valence-corrected chi connectivity index (χ1v) is 25.8. The summed E-state index contributed by atoms with van der Waals surface area (Å²) in [4.78, 5) is 75.1. The zero-order valence-corrected chi connectivity index (χ0v) is 47.3. The van der Waals surface area contributed by atoms with Crippen LogP contribution in [0, 0.1) is 0 Å². The molecule has 10 rings (SSSR count). The Hall–Kier alpha value is -6.86. The van der Waals surface area contributed by atoms with Crippen LogP contribution in [0.2, 0.25) is 0 Å². The van der Waals surface area contributed by atoms with E-state index in [1.165, 1.54) is 26.0 Å². The summed E-state index contributed by atoms with van der Waals surface area (Å²) in [7, 11) is 0. The normalized spacial score (nSPS) is 11.8. The van der Waals surface area contributed by atoms with Gasteiger partial charge in [-0.3, -0.25) is 34.1 Å². The Labute approximate surface area is 481 Å². The van der Waals surface area contributed by atoms with Gasteiger partial charge in [0.1, 0.15) is 30.4 Å². The lowest BCUT2D eigenvalue weighted by Gasteiger charge is -2.22.